The lowest BCUT2D eigenvalue weighted by Gasteiger charge is -2.29. The predicted octanol–water partition coefficient (Wildman–Crippen LogP) is 5.15. The molecule has 7 nitrogen and oxygen atoms in total. The van der Waals surface area contributed by atoms with Gasteiger partial charge >= 0.3 is 12.1 Å². The van der Waals surface area contributed by atoms with Gasteiger partial charge in [-0.3, -0.25) is 4.90 Å². The minimum Gasteiger partial charge on any atom is -0.480 e. The summed E-state index contributed by atoms with van der Waals surface area (Å²) >= 11 is 0. The van der Waals surface area contributed by atoms with Gasteiger partial charge in [0, 0.05) is 12.5 Å². The molecule has 1 atom stereocenters. The topological polar surface area (TPSA) is 84.7 Å². The normalized spacial score (nSPS) is 13.3. The number of nitrogens with zero attached hydrogens (tertiary/aromatic N) is 3. The Morgan fingerprint density at radius 3 is 2.29 bits per heavy atom. The molecule has 35 heavy (non-hydrogen) atoms. The average Bonchev–Trinajstić information content (AvgIpc) is 3.43. The summed E-state index contributed by atoms with van der Waals surface area (Å²) in [5, 5.41) is 10.0. The lowest BCUT2D eigenvalue weighted by Crippen LogP contribution is -2.48. The second-order valence-electron chi connectivity index (χ2n) is 8.74. The molecule has 5 rings (SSSR count). The van der Waals surface area contributed by atoms with Crippen LogP contribution in [0.25, 0.3) is 22.2 Å². The zero-order chi connectivity index (χ0) is 24.4. The fourth-order valence-electron chi connectivity index (χ4n) is 4.94. The number of fused-ring (bicyclic) bond motifs is 4. The second-order valence-corrected chi connectivity index (χ2v) is 8.74. The monoisotopic (exact) mass is 469 g/mol. The number of hydrogen-bond acceptors (Lipinski definition) is 4. The van der Waals surface area contributed by atoms with E-state index < -0.39 is 18.1 Å². The Morgan fingerprint density at radius 1 is 1.00 bits per heavy atom. The van der Waals surface area contributed by atoms with Crippen molar-refractivity contribution >= 4 is 23.1 Å². The first kappa shape index (κ1) is 22.7. The van der Waals surface area contributed by atoms with E-state index in [1.54, 1.807) is 10.9 Å². The van der Waals surface area contributed by atoms with Gasteiger partial charge in [-0.15, -0.1) is 0 Å². The maximum atomic E-state index is 13.3. The number of ether oxygens (including phenoxy) is 1. The number of aliphatic carboxylic acids is 1. The van der Waals surface area contributed by atoms with Crippen molar-refractivity contribution in [3.8, 4) is 11.1 Å². The number of benzene rings is 3. The van der Waals surface area contributed by atoms with Crippen LogP contribution in [0.4, 0.5) is 4.79 Å². The van der Waals surface area contributed by atoms with E-state index in [1.165, 1.54) is 4.90 Å². The summed E-state index contributed by atoms with van der Waals surface area (Å²) in [4.78, 5) is 31.2. The smallest absolute Gasteiger partial charge is 0.410 e. The third kappa shape index (κ3) is 4.25. The number of aromatic nitrogens is 2. The predicted molar refractivity (Wildman–Crippen MR) is 133 cm³/mol. The van der Waals surface area contributed by atoms with Crippen molar-refractivity contribution in [3.05, 3.63) is 90.3 Å². The van der Waals surface area contributed by atoms with Gasteiger partial charge in [0.05, 0.1) is 23.9 Å². The highest BCUT2D eigenvalue weighted by Gasteiger charge is 2.33. The molecule has 0 radical (unpaired) electrons. The number of amides is 1. The summed E-state index contributed by atoms with van der Waals surface area (Å²) in [5.74, 6) is -1.17. The first-order valence-electron chi connectivity index (χ1n) is 11.8. The molecule has 178 valence electrons. The molecule has 1 N–H and O–H groups in total. The van der Waals surface area contributed by atoms with E-state index in [0.717, 1.165) is 33.3 Å². The van der Waals surface area contributed by atoms with Crippen molar-refractivity contribution in [3.63, 3.8) is 0 Å². The lowest BCUT2D eigenvalue weighted by atomic mass is 9.98. The van der Waals surface area contributed by atoms with Crippen LogP contribution in [0.2, 0.25) is 0 Å². The fourth-order valence-corrected chi connectivity index (χ4v) is 4.94. The summed E-state index contributed by atoms with van der Waals surface area (Å²) in [7, 11) is 0. The van der Waals surface area contributed by atoms with Crippen molar-refractivity contribution in [2.75, 3.05) is 13.2 Å². The molecule has 4 aromatic rings. The average molecular weight is 470 g/mol. The minimum atomic E-state index is -1.08. The molecule has 0 fully saturated rings. The number of imidazole rings is 1. The number of rotatable bonds is 8. The van der Waals surface area contributed by atoms with Crippen LogP contribution in [0.1, 0.15) is 30.4 Å². The molecular formula is C28H27N3O4. The van der Waals surface area contributed by atoms with Crippen molar-refractivity contribution in [1.82, 2.24) is 14.5 Å². The standard InChI is InChI=1S/C28H27N3O4/c1-2-15-31(26(27(32)33)16-30-18-29-24-13-7-8-14-25(24)30)28(34)35-17-23-21-11-5-3-9-19(21)20-10-4-6-12-22(20)23/h3-14,18,23,26H,2,15-17H2,1H3,(H,32,33). The Morgan fingerprint density at radius 2 is 1.63 bits per heavy atom. The molecule has 1 aliphatic carbocycles. The van der Waals surface area contributed by atoms with E-state index in [-0.39, 0.29) is 25.6 Å². The zero-order valence-corrected chi connectivity index (χ0v) is 19.5. The Balaban J connectivity index is 1.37. The molecule has 0 spiro atoms. The van der Waals surface area contributed by atoms with Crippen LogP contribution in [0.3, 0.4) is 0 Å². The first-order valence-corrected chi connectivity index (χ1v) is 11.8. The van der Waals surface area contributed by atoms with E-state index >= 15 is 0 Å². The number of carbonyl (C=O) groups is 2. The van der Waals surface area contributed by atoms with Gasteiger partial charge in [0.1, 0.15) is 6.61 Å². The zero-order valence-electron chi connectivity index (χ0n) is 19.5. The van der Waals surface area contributed by atoms with Gasteiger partial charge in [-0.1, -0.05) is 67.6 Å². The summed E-state index contributed by atoms with van der Waals surface area (Å²) < 4.78 is 7.56. The summed E-state index contributed by atoms with van der Waals surface area (Å²) in [6.45, 7) is 2.42. The van der Waals surface area contributed by atoms with Gasteiger partial charge < -0.3 is 14.4 Å². The van der Waals surface area contributed by atoms with E-state index in [9.17, 15) is 14.7 Å². The van der Waals surface area contributed by atoms with Crippen LogP contribution in [0.15, 0.2) is 79.1 Å². The maximum absolute atomic E-state index is 13.3. The van der Waals surface area contributed by atoms with Crippen LogP contribution in [0.5, 0.6) is 0 Å². The van der Waals surface area contributed by atoms with Gasteiger partial charge in [0.2, 0.25) is 0 Å². The van der Waals surface area contributed by atoms with Crippen molar-refractivity contribution < 1.29 is 19.4 Å². The van der Waals surface area contributed by atoms with Crippen molar-refractivity contribution in [2.24, 2.45) is 0 Å². The molecule has 1 amide bonds. The molecule has 1 unspecified atom stereocenters. The first-order chi connectivity index (χ1) is 17.1. The minimum absolute atomic E-state index is 0.0834. The van der Waals surface area contributed by atoms with Crippen LogP contribution < -0.4 is 0 Å². The van der Waals surface area contributed by atoms with Crippen LogP contribution >= 0.6 is 0 Å². The largest absolute Gasteiger partial charge is 0.480 e. The van der Waals surface area contributed by atoms with Gasteiger partial charge in [-0.2, -0.15) is 0 Å². The molecule has 1 heterocycles. The highest BCUT2D eigenvalue weighted by atomic mass is 16.6. The lowest BCUT2D eigenvalue weighted by molar-refractivity contribution is -0.143. The van der Waals surface area contributed by atoms with Gasteiger partial charge in [0.25, 0.3) is 0 Å². The van der Waals surface area contributed by atoms with E-state index in [4.69, 9.17) is 4.74 Å². The number of carboxylic acids is 1. The van der Waals surface area contributed by atoms with Crippen molar-refractivity contribution in [2.45, 2.75) is 31.8 Å². The van der Waals surface area contributed by atoms with Crippen LogP contribution in [-0.4, -0.2) is 50.8 Å². The molecular weight excluding hydrogens is 442 g/mol. The molecule has 1 aliphatic rings. The van der Waals surface area contributed by atoms with E-state index in [0.29, 0.717) is 6.42 Å². The molecule has 0 saturated heterocycles. The third-order valence-corrected chi connectivity index (χ3v) is 6.59. The van der Waals surface area contributed by atoms with Crippen molar-refractivity contribution in [1.29, 1.82) is 0 Å². The molecule has 0 aliphatic heterocycles. The second kappa shape index (κ2) is 9.62. The number of carbonyl (C=O) groups excluding carboxylic acids is 1. The molecule has 0 bridgehead atoms. The molecule has 7 heteroatoms. The number of para-hydroxylation sites is 2. The highest BCUT2D eigenvalue weighted by molar-refractivity contribution is 5.82. The number of hydrogen-bond donors (Lipinski definition) is 1. The Hall–Kier alpha value is -4.13. The third-order valence-electron chi connectivity index (χ3n) is 6.59. The Kier molecular flexibility index (Phi) is 6.23. The summed E-state index contributed by atoms with van der Waals surface area (Å²) in [5.41, 5.74) is 6.11. The SMILES string of the molecule is CCCN(C(=O)OCC1c2ccccc2-c2ccccc21)C(Cn1cnc2ccccc21)C(=O)O. The maximum Gasteiger partial charge on any atom is 0.410 e. The summed E-state index contributed by atoms with van der Waals surface area (Å²) in [6.07, 6.45) is 1.60. The van der Waals surface area contributed by atoms with Gasteiger partial charge in [-0.05, 0) is 40.8 Å². The fraction of sp³-hybridized carbons (Fsp3) is 0.250. The molecule has 0 saturated carbocycles. The number of carboxylic acid groups (broad SMARTS) is 1. The van der Waals surface area contributed by atoms with E-state index in [1.807, 2.05) is 55.5 Å². The molecule has 1 aromatic heterocycles. The molecule has 3 aromatic carbocycles. The van der Waals surface area contributed by atoms with Gasteiger partial charge in [0.15, 0.2) is 6.04 Å². The van der Waals surface area contributed by atoms with E-state index in [2.05, 4.69) is 29.2 Å². The Bertz CT molecular complexity index is 1330. The van der Waals surface area contributed by atoms with Crippen LogP contribution in [-0.2, 0) is 16.1 Å². The van der Waals surface area contributed by atoms with Crippen LogP contribution in [0, 0.1) is 0 Å². The quantitative estimate of drug-likeness (QED) is 0.386. The highest BCUT2D eigenvalue weighted by Crippen LogP contribution is 2.44. The summed E-state index contributed by atoms with van der Waals surface area (Å²) in [6, 6.07) is 22.7. The van der Waals surface area contributed by atoms with Gasteiger partial charge in [-0.25, -0.2) is 14.6 Å². The Labute approximate surface area is 203 Å².